The smallest absolute Gasteiger partial charge is 0.397 e. The van der Waals surface area contributed by atoms with Crippen LogP contribution in [0.4, 0.5) is 40.4 Å². The summed E-state index contributed by atoms with van der Waals surface area (Å²) in [4.78, 5) is 44.9. The SMILES string of the molecule is Cc1[nH]c(C=NN=C2C(=O)Nc3ccc(F)cc32)c(C)c1C(=O)NCCNc1ccc(C(=O)Nc2ccc(C(F)(F)F)cc2N)cn1. The van der Waals surface area contributed by atoms with Crippen molar-refractivity contribution >= 4 is 52.5 Å². The number of aryl methyl sites for hydroxylation is 1. The number of nitrogens with one attached hydrogen (secondary N) is 5. The third kappa shape index (κ3) is 7.27. The van der Waals surface area contributed by atoms with Crippen LogP contribution in [0, 0.1) is 19.7 Å². The number of amides is 3. The molecule has 1 aliphatic rings. The number of aromatic amines is 1. The zero-order valence-electron chi connectivity index (χ0n) is 24.8. The van der Waals surface area contributed by atoms with Crippen molar-refractivity contribution in [2.45, 2.75) is 20.0 Å². The van der Waals surface area contributed by atoms with Crippen molar-refractivity contribution in [3.63, 3.8) is 0 Å². The zero-order valence-corrected chi connectivity index (χ0v) is 24.8. The average molecular weight is 650 g/mol. The minimum absolute atomic E-state index is 0.0297. The fourth-order valence-corrected chi connectivity index (χ4v) is 4.75. The highest BCUT2D eigenvalue weighted by Gasteiger charge is 2.31. The van der Waals surface area contributed by atoms with Crippen LogP contribution in [0.1, 0.15) is 48.8 Å². The molecule has 0 bridgehead atoms. The first kappa shape index (κ1) is 32.3. The van der Waals surface area contributed by atoms with Gasteiger partial charge in [0.1, 0.15) is 11.6 Å². The van der Waals surface area contributed by atoms with Gasteiger partial charge in [-0.1, -0.05) is 0 Å². The highest BCUT2D eigenvalue weighted by molar-refractivity contribution is 6.53. The molecule has 5 rings (SSSR count). The molecule has 1 aliphatic heterocycles. The number of anilines is 4. The Morgan fingerprint density at radius 2 is 1.83 bits per heavy atom. The van der Waals surface area contributed by atoms with Crippen molar-refractivity contribution in [3.8, 4) is 0 Å². The summed E-state index contributed by atoms with van der Waals surface area (Å²) in [5.41, 5.74) is 7.51. The van der Waals surface area contributed by atoms with Crippen LogP contribution in [0.2, 0.25) is 0 Å². The second-order valence-corrected chi connectivity index (χ2v) is 10.4. The highest BCUT2D eigenvalue weighted by Crippen LogP contribution is 2.33. The molecule has 0 saturated carbocycles. The van der Waals surface area contributed by atoms with Crippen LogP contribution in [-0.2, 0) is 11.0 Å². The number of H-pyrrole nitrogens is 1. The maximum atomic E-state index is 13.6. The van der Waals surface area contributed by atoms with Gasteiger partial charge in [0.25, 0.3) is 17.7 Å². The predicted molar refractivity (Wildman–Crippen MR) is 168 cm³/mol. The Morgan fingerprint density at radius 3 is 2.53 bits per heavy atom. The number of halogens is 4. The maximum Gasteiger partial charge on any atom is 0.416 e. The van der Waals surface area contributed by atoms with Crippen LogP contribution >= 0.6 is 0 Å². The molecular weight excluding hydrogens is 622 g/mol. The maximum absolute atomic E-state index is 13.6. The number of carbonyl (C=O) groups is 3. The Hall–Kier alpha value is -6.06. The Kier molecular flexibility index (Phi) is 9.03. The summed E-state index contributed by atoms with van der Waals surface area (Å²) in [7, 11) is 0. The summed E-state index contributed by atoms with van der Waals surface area (Å²) in [6.07, 6.45) is -1.91. The lowest BCUT2D eigenvalue weighted by Gasteiger charge is -2.12. The average Bonchev–Trinajstić information content (AvgIpc) is 3.48. The van der Waals surface area contributed by atoms with E-state index in [9.17, 15) is 31.9 Å². The lowest BCUT2D eigenvalue weighted by atomic mass is 10.1. The van der Waals surface area contributed by atoms with E-state index in [4.69, 9.17) is 5.73 Å². The number of nitrogens with two attached hydrogens (primary N) is 1. The Morgan fingerprint density at radius 1 is 1.04 bits per heavy atom. The number of aromatic nitrogens is 2. The van der Waals surface area contributed by atoms with Gasteiger partial charge in [0.15, 0.2) is 5.71 Å². The number of benzene rings is 2. The van der Waals surface area contributed by atoms with E-state index in [0.717, 1.165) is 18.2 Å². The second kappa shape index (κ2) is 13.1. The van der Waals surface area contributed by atoms with Crippen molar-refractivity contribution in [2.75, 3.05) is 34.8 Å². The number of rotatable bonds is 9. The van der Waals surface area contributed by atoms with Crippen molar-refractivity contribution in [2.24, 2.45) is 10.2 Å². The molecule has 7 N–H and O–H groups in total. The van der Waals surface area contributed by atoms with Gasteiger partial charge in [-0.3, -0.25) is 14.4 Å². The van der Waals surface area contributed by atoms with Crippen LogP contribution in [0.15, 0.2) is 64.9 Å². The van der Waals surface area contributed by atoms with Gasteiger partial charge in [0.2, 0.25) is 0 Å². The molecule has 2 aromatic carbocycles. The monoisotopic (exact) mass is 649 g/mol. The van der Waals surface area contributed by atoms with Gasteiger partial charge in [-0.2, -0.15) is 18.3 Å². The Labute approximate surface area is 264 Å². The molecule has 3 amide bonds. The molecule has 0 radical (unpaired) electrons. The summed E-state index contributed by atoms with van der Waals surface area (Å²) in [5.74, 6) is -1.55. The molecule has 0 atom stereocenters. The number of hydrogen-bond acceptors (Lipinski definition) is 8. The summed E-state index contributed by atoms with van der Waals surface area (Å²) in [6, 6.07) is 9.51. The fraction of sp³-hybridized carbons (Fsp3) is 0.161. The van der Waals surface area contributed by atoms with E-state index in [0.29, 0.717) is 46.1 Å². The number of nitrogen functional groups attached to an aromatic ring is 1. The molecule has 0 saturated heterocycles. The molecule has 242 valence electrons. The molecule has 0 spiro atoms. The summed E-state index contributed by atoms with van der Waals surface area (Å²) >= 11 is 0. The topological polar surface area (TPSA) is 179 Å². The molecule has 0 fully saturated rings. The van der Waals surface area contributed by atoms with Crippen molar-refractivity contribution in [3.05, 3.63) is 99.8 Å². The molecule has 0 unspecified atom stereocenters. The summed E-state index contributed by atoms with van der Waals surface area (Å²) < 4.78 is 52.2. The molecular formula is C31H27F4N9O3. The van der Waals surface area contributed by atoms with Crippen LogP contribution in [0.5, 0.6) is 0 Å². The van der Waals surface area contributed by atoms with E-state index in [1.54, 1.807) is 13.8 Å². The molecule has 0 aliphatic carbocycles. The molecule has 12 nitrogen and oxygen atoms in total. The van der Waals surface area contributed by atoms with Gasteiger partial charge >= 0.3 is 6.18 Å². The second-order valence-electron chi connectivity index (χ2n) is 10.4. The van der Waals surface area contributed by atoms with Gasteiger partial charge < -0.3 is 32.0 Å². The van der Waals surface area contributed by atoms with E-state index < -0.39 is 29.4 Å². The van der Waals surface area contributed by atoms with E-state index in [1.807, 2.05) is 0 Å². The quantitative estimate of drug-likeness (QED) is 0.0506. The van der Waals surface area contributed by atoms with Crippen LogP contribution in [-0.4, -0.2) is 52.7 Å². The molecule has 2 aromatic heterocycles. The molecule has 47 heavy (non-hydrogen) atoms. The van der Waals surface area contributed by atoms with E-state index in [1.165, 1.54) is 42.7 Å². The number of carbonyl (C=O) groups excluding carboxylic acids is 3. The van der Waals surface area contributed by atoms with E-state index >= 15 is 0 Å². The van der Waals surface area contributed by atoms with Gasteiger partial charge in [-0.25, -0.2) is 9.37 Å². The number of pyridine rings is 1. The van der Waals surface area contributed by atoms with Crippen molar-refractivity contribution in [1.29, 1.82) is 0 Å². The third-order valence-corrected chi connectivity index (χ3v) is 7.12. The first-order chi connectivity index (χ1) is 22.3. The standard InChI is InChI=1S/C31H27F4N9O3/c1-15-24(14-40-44-27-20-12-19(32)5-7-22(20)42-30(27)47)41-16(2)26(15)29(46)38-10-9-37-25-8-3-17(13-39-25)28(45)43-23-6-4-18(11-21(23)36)31(33,34)35/h3-8,11-14,41H,9-10,36H2,1-2H3,(H,37,39)(H,38,46)(H,43,45)(H,42,44,47). The van der Waals surface area contributed by atoms with Gasteiger partial charge in [0, 0.05) is 30.5 Å². The number of nitrogens with zero attached hydrogens (tertiary/aromatic N) is 3. The minimum atomic E-state index is -4.56. The first-order valence-corrected chi connectivity index (χ1v) is 14.0. The van der Waals surface area contributed by atoms with Crippen LogP contribution < -0.4 is 27.0 Å². The van der Waals surface area contributed by atoms with E-state index in [2.05, 4.69) is 41.4 Å². The zero-order chi connectivity index (χ0) is 33.9. The largest absolute Gasteiger partial charge is 0.416 e. The summed E-state index contributed by atoms with van der Waals surface area (Å²) in [5, 5.41) is 18.8. The number of hydrogen-bond donors (Lipinski definition) is 6. The third-order valence-electron chi connectivity index (χ3n) is 7.12. The van der Waals surface area contributed by atoms with Gasteiger partial charge in [0.05, 0.1) is 45.7 Å². The normalized spacial score (nSPS) is 13.5. The van der Waals surface area contributed by atoms with Crippen molar-refractivity contribution in [1.82, 2.24) is 15.3 Å². The van der Waals surface area contributed by atoms with Gasteiger partial charge in [-0.15, -0.1) is 5.10 Å². The lowest BCUT2D eigenvalue weighted by Crippen LogP contribution is -2.29. The lowest BCUT2D eigenvalue weighted by molar-refractivity contribution is -0.137. The fourth-order valence-electron chi connectivity index (χ4n) is 4.75. The molecule has 4 aromatic rings. The van der Waals surface area contributed by atoms with Gasteiger partial charge in [-0.05, 0) is 67.9 Å². The minimum Gasteiger partial charge on any atom is -0.397 e. The molecule has 3 heterocycles. The molecule has 16 heteroatoms. The Bertz CT molecular complexity index is 1930. The van der Waals surface area contributed by atoms with E-state index in [-0.39, 0.29) is 35.1 Å². The van der Waals surface area contributed by atoms with Crippen LogP contribution in [0.3, 0.4) is 0 Å². The number of alkyl halides is 3. The number of fused-ring (bicyclic) bond motifs is 1. The first-order valence-electron chi connectivity index (χ1n) is 14.0. The van der Waals surface area contributed by atoms with Crippen LogP contribution in [0.25, 0.3) is 0 Å². The van der Waals surface area contributed by atoms with Crippen molar-refractivity contribution < 1.29 is 31.9 Å². The predicted octanol–water partition coefficient (Wildman–Crippen LogP) is 4.64. The summed E-state index contributed by atoms with van der Waals surface area (Å²) in [6.45, 7) is 3.97. The Balaban J connectivity index is 1.12. The highest BCUT2D eigenvalue weighted by atomic mass is 19.4.